The monoisotopic (exact) mass is 501 g/mol. The van der Waals surface area contributed by atoms with Gasteiger partial charge in [0.15, 0.2) is 0 Å². The highest BCUT2D eigenvalue weighted by Crippen LogP contribution is 2.24. The number of carbonyl (C=O) groups excluding carboxylic acids is 1. The summed E-state index contributed by atoms with van der Waals surface area (Å²) in [6.45, 7) is 9.85. The lowest BCUT2D eigenvalue weighted by Crippen LogP contribution is -2.47. The fourth-order valence-corrected chi connectivity index (χ4v) is 4.57. The van der Waals surface area contributed by atoms with Crippen LogP contribution in [-0.2, 0) is 6.42 Å². The summed E-state index contributed by atoms with van der Waals surface area (Å²) in [7, 11) is 0. The van der Waals surface area contributed by atoms with Gasteiger partial charge in [-0.1, -0.05) is 41.4 Å². The second kappa shape index (κ2) is 11.2. The van der Waals surface area contributed by atoms with Gasteiger partial charge >= 0.3 is 11.8 Å². The minimum absolute atomic E-state index is 0.0396. The highest BCUT2D eigenvalue weighted by molar-refractivity contribution is 6.35. The molecular formula is C25H29Cl2N5O2. The first kappa shape index (κ1) is 24.5. The Bertz CT molecular complexity index is 1140. The molecule has 3 aromatic rings. The number of hydrogen-bond donors (Lipinski definition) is 1. The molecule has 1 aliphatic rings. The van der Waals surface area contributed by atoms with Crippen molar-refractivity contribution < 1.29 is 9.21 Å². The zero-order chi connectivity index (χ0) is 24.1. The Labute approximate surface area is 210 Å². The lowest BCUT2D eigenvalue weighted by Gasteiger charge is -2.37. The molecule has 0 aliphatic carbocycles. The van der Waals surface area contributed by atoms with Gasteiger partial charge in [-0.15, -0.1) is 10.2 Å². The highest BCUT2D eigenvalue weighted by atomic mass is 35.5. The molecule has 1 N–H and O–H groups in total. The number of benzene rings is 2. The lowest BCUT2D eigenvalue weighted by atomic mass is 10.1. The van der Waals surface area contributed by atoms with E-state index in [1.54, 1.807) is 18.2 Å². The Morgan fingerprint density at radius 2 is 1.85 bits per heavy atom. The zero-order valence-corrected chi connectivity index (χ0v) is 21.0. The van der Waals surface area contributed by atoms with Crippen LogP contribution in [0.3, 0.4) is 0 Å². The van der Waals surface area contributed by atoms with E-state index in [0.29, 0.717) is 28.9 Å². The Morgan fingerprint density at radius 3 is 2.62 bits per heavy atom. The molecule has 2 heterocycles. The Balaban J connectivity index is 1.18. The molecule has 0 atom stereocenters. The van der Waals surface area contributed by atoms with Gasteiger partial charge in [-0.25, -0.2) is 0 Å². The molecule has 7 nitrogen and oxygen atoms in total. The van der Waals surface area contributed by atoms with Crippen molar-refractivity contribution in [1.82, 2.24) is 20.4 Å². The molecule has 1 aliphatic heterocycles. The van der Waals surface area contributed by atoms with Crippen molar-refractivity contribution in [3.05, 3.63) is 74.9 Å². The predicted molar refractivity (Wildman–Crippen MR) is 135 cm³/mol. The number of rotatable bonds is 8. The number of anilines is 1. The zero-order valence-electron chi connectivity index (χ0n) is 19.5. The van der Waals surface area contributed by atoms with Crippen LogP contribution in [-0.4, -0.2) is 60.3 Å². The van der Waals surface area contributed by atoms with Crippen molar-refractivity contribution in [3.63, 3.8) is 0 Å². The normalized spacial score (nSPS) is 14.4. The molecule has 0 radical (unpaired) electrons. The number of nitrogens with one attached hydrogen (secondary N) is 1. The Kier molecular flexibility index (Phi) is 8.08. The van der Waals surface area contributed by atoms with Crippen LogP contribution in [0.1, 0.15) is 39.7 Å². The minimum atomic E-state index is -0.360. The number of halogens is 2. The van der Waals surface area contributed by atoms with Gasteiger partial charge in [0.05, 0.1) is 6.42 Å². The van der Waals surface area contributed by atoms with Crippen LogP contribution in [0.15, 0.2) is 40.8 Å². The maximum Gasteiger partial charge on any atom is 0.308 e. The standard InChI is InChI=1S/C25H29Cl2N5O2/c1-17-4-5-18(2)22(14-17)32-12-10-31(11-13-32)9-3-8-28-24(33)25-30-29-23(34-25)15-19-6-7-20(26)16-21(19)27/h4-7,14,16H,3,8-13,15H2,1-2H3,(H,28,33). The topological polar surface area (TPSA) is 74.5 Å². The summed E-state index contributed by atoms with van der Waals surface area (Å²) in [5.41, 5.74) is 4.76. The summed E-state index contributed by atoms with van der Waals surface area (Å²) in [5.74, 6) is -0.0704. The summed E-state index contributed by atoms with van der Waals surface area (Å²) in [6, 6.07) is 11.8. The molecule has 180 valence electrons. The third-order valence-electron chi connectivity index (χ3n) is 6.03. The average molecular weight is 502 g/mol. The minimum Gasteiger partial charge on any atom is -0.417 e. The van der Waals surface area contributed by atoms with E-state index in [1.807, 2.05) is 0 Å². The van der Waals surface area contributed by atoms with Crippen LogP contribution in [0.5, 0.6) is 0 Å². The maximum atomic E-state index is 12.4. The van der Waals surface area contributed by atoms with Crippen molar-refractivity contribution in [1.29, 1.82) is 0 Å². The van der Waals surface area contributed by atoms with Crippen LogP contribution in [0.25, 0.3) is 0 Å². The van der Waals surface area contributed by atoms with Crippen LogP contribution < -0.4 is 10.2 Å². The van der Waals surface area contributed by atoms with Crippen LogP contribution in [0.4, 0.5) is 5.69 Å². The third kappa shape index (κ3) is 6.29. The number of hydrogen-bond acceptors (Lipinski definition) is 6. The molecule has 4 rings (SSSR count). The Hall–Kier alpha value is -2.61. The number of aromatic nitrogens is 2. The van der Waals surface area contributed by atoms with E-state index < -0.39 is 0 Å². The fourth-order valence-electron chi connectivity index (χ4n) is 4.10. The number of nitrogens with zero attached hydrogens (tertiary/aromatic N) is 4. The van der Waals surface area contributed by atoms with Gasteiger partial charge in [0.1, 0.15) is 0 Å². The van der Waals surface area contributed by atoms with E-state index in [2.05, 4.69) is 57.4 Å². The van der Waals surface area contributed by atoms with Crippen LogP contribution in [0, 0.1) is 13.8 Å². The molecule has 1 fully saturated rings. The molecule has 9 heteroatoms. The van der Waals surface area contributed by atoms with Gasteiger partial charge < -0.3 is 14.6 Å². The summed E-state index contributed by atoms with van der Waals surface area (Å²) in [5, 5.41) is 11.8. The second-order valence-electron chi connectivity index (χ2n) is 8.64. The average Bonchev–Trinajstić information content (AvgIpc) is 3.29. The van der Waals surface area contributed by atoms with E-state index >= 15 is 0 Å². The number of amides is 1. The van der Waals surface area contributed by atoms with Crippen LogP contribution >= 0.6 is 23.2 Å². The molecule has 0 spiro atoms. The SMILES string of the molecule is Cc1ccc(C)c(N2CCN(CCCNC(=O)c3nnc(Cc4ccc(Cl)cc4Cl)o3)CC2)c1. The smallest absolute Gasteiger partial charge is 0.308 e. The molecule has 1 saturated heterocycles. The first-order valence-corrected chi connectivity index (χ1v) is 12.2. The molecular weight excluding hydrogens is 473 g/mol. The van der Waals surface area contributed by atoms with Crippen molar-refractivity contribution in [3.8, 4) is 0 Å². The number of piperazine rings is 1. The van der Waals surface area contributed by atoms with Crippen molar-refractivity contribution >= 4 is 34.8 Å². The summed E-state index contributed by atoms with van der Waals surface area (Å²) in [4.78, 5) is 17.3. The first-order valence-electron chi connectivity index (χ1n) is 11.5. The molecule has 34 heavy (non-hydrogen) atoms. The molecule has 0 bridgehead atoms. The van der Waals surface area contributed by atoms with Gasteiger partial charge in [-0.3, -0.25) is 9.69 Å². The summed E-state index contributed by atoms with van der Waals surface area (Å²) >= 11 is 12.1. The van der Waals surface area contributed by atoms with Crippen molar-refractivity contribution in [2.45, 2.75) is 26.7 Å². The van der Waals surface area contributed by atoms with E-state index in [1.165, 1.54) is 16.8 Å². The Morgan fingerprint density at radius 1 is 1.06 bits per heavy atom. The van der Waals surface area contributed by atoms with E-state index in [4.69, 9.17) is 27.6 Å². The number of carbonyl (C=O) groups is 1. The largest absolute Gasteiger partial charge is 0.417 e. The molecule has 0 saturated carbocycles. The maximum absolute atomic E-state index is 12.4. The lowest BCUT2D eigenvalue weighted by molar-refractivity contribution is 0.0915. The van der Waals surface area contributed by atoms with E-state index in [9.17, 15) is 4.79 Å². The van der Waals surface area contributed by atoms with Gasteiger partial charge in [0, 0.05) is 48.5 Å². The van der Waals surface area contributed by atoms with E-state index in [0.717, 1.165) is 44.7 Å². The fraction of sp³-hybridized carbons (Fsp3) is 0.400. The van der Waals surface area contributed by atoms with Crippen molar-refractivity contribution in [2.75, 3.05) is 44.2 Å². The molecule has 1 aromatic heterocycles. The molecule has 2 aromatic carbocycles. The molecule has 0 unspecified atom stereocenters. The quantitative estimate of drug-likeness (QED) is 0.457. The first-order chi connectivity index (χ1) is 16.4. The summed E-state index contributed by atoms with van der Waals surface area (Å²) in [6.07, 6.45) is 1.20. The third-order valence-corrected chi connectivity index (χ3v) is 6.62. The number of aryl methyl sites for hydroxylation is 2. The predicted octanol–water partition coefficient (Wildman–Crippen LogP) is 4.53. The second-order valence-corrected chi connectivity index (χ2v) is 9.49. The van der Waals surface area contributed by atoms with Crippen LogP contribution in [0.2, 0.25) is 10.0 Å². The van der Waals surface area contributed by atoms with E-state index in [-0.39, 0.29) is 11.8 Å². The van der Waals surface area contributed by atoms with Crippen molar-refractivity contribution in [2.24, 2.45) is 0 Å². The van der Waals surface area contributed by atoms with Gasteiger partial charge in [-0.05, 0) is 61.7 Å². The van der Waals surface area contributed by atoms with Gasteiger partial charge in [0.25, 0.3) is 0 Å². The molecule has 1 amide bonds. The van der Waals surface area contributed by atoms with Gasteiger partial charge in [-0.2, -0.15) is 0 Å². The van der Waals surface area contributed by atoms with Gasteiger partial charge in [0.2, 0.25) is 5.89 Å². The highest BCUT2D eigenvalue weighted by Gasteiger charge is 2.19. The summed E-state index contributed by atoms with van der Waals surface area (Å²) < 4.78 is 5.51.